The van der Waals surface area contributed by atoms with E-state index in [1.165, 1.54) is 26.2 Å². The molecule has 5 fully saturated rings. The summed E-state index contributed by atoms with van der Waals surface area (Å²) in [6.07, 6.45) is 9.69. The van der Waals surface area contributed by atoms with Crippen LogP contribution in [-0.2, 0) is 19.1 Å². The number of nitrogens with one attached hydrogen (secondary N) is 3. The normalized spacial score (nSPS) is 32.4. The van der Waals surface area contributed by atoms with Crippen molar-refractivity contribution in [2.45, 2.75) is 89.7 Å². The van der Waals surface area contributed by atoms with Gasteiger partial charge in [-0.2, -0.15) is 0 Å². The van der Waals surface area contributed by atoms with Crippen LogP contribution in [-0.4, -0.2) is 42.5 Å². The van der Waals surface area contributed by atoms with Gasteiger partial charge in [-0.15, -0.1) is 0 Å². The van der Waals surface area contributed by atoms with Gasteiger partial charge in [-0.25, -0.2) is 4.79 Å². The smallest absolute Gasteiger partial charge is 0.321 e. The number of ether oxygens (including phenoxy) is 1. The first-order valence-electron chi connectivity index (χ1n) is 11.9. The summed E-state index contributed by atoms with van der Waals surface area (Å²) in [4.78, 5) is 49.0. The molecule has 0 aromatic carbocycles. The summed E-state index contributed by atoms with van der Waals surface area (Å²) < 4.78 is 5.13. The monoisotopic (exact) mass is 433 g/mol. The van der Waals surface area contributed by atoms with E-state index in [-0.39, 0.29) is 30.3 Å². The zero-order valence-corrected chi connectivity index (χ0v) is 18.4. The topological polar surface area (TPSA) is 114 Å². The molecule has 0 heterocycles. The number of carbonyl (C=O) groups is 4. The van der Waals surface area contributed by atoms with Crippen LogP contribution in [0.4, 0.5) is 4.79 Å². The van der Waals surface area contributed by atoms with Crippen molar-refractivity contribution in [3.8, 4) is 0 Å². The Morgan fingerprint density at radius 1 is 0.968 bits per heavy atom. The molecule has 0 aliphatic heterocycles. The third kappa shape index (κ3) is 5.21. The Balaban J connectivity index is 1.15. The van der Waals surface area contributed by atoms with Crippen molar-refractivity contribution in [2.75, 3.05) is 6.54 Å². The fourth-order valence-electron chi connectivity index (χ4n) is 6.67. The van der Waals surface area contributed by atoms with Gasteiger partial charge in [0.25, 0.3) is 5.91 Å². The SMILES string of the molecule is C[C@@H](OC(=O)CCNC(=O)C12CC3CC(CC(C3)C1)C2)C(=O)NC(=O)NC1CCCC1. The number of amides is 4. The standard InChI is InChI=1S/C23H35N3O5/c1-14(20(28)26-22(30)25-18-4-2-3-5-18)31-19(27)6-7-24-21(29)23-11-15-8-16(12-23)10-17(9-15)13-23/h14-18H,2-13H2,1H3,(H,24,29)(H2,25,26,28,30)/t14-,15?,16?,17?,23?/m1/s1. The van der Waals surface area contributed by atoms with E-state index in [0.717, 1.165) is 44.9 Å². The van der Waals surface area contributed by atoms with E-state index in [0.29, 0.717) is 17.8 Å². The number of esters is 1. The summed E-state index contributed by atoms with van der Waals surface area (Å²) >= 11 is 0. The summed E-state index contributed by atoms with van der Waals surface area (Å²) in [6, 6.07) is -0.453. The molecule has 5 aliphatic rings. The van der Waals surface area contributed by atoms with Crippen LogP contribution in [0.15, 0.2) is 0 Å². The maximum absolute atomic E-state index is 12.9. The predicted molar refractivity (Wildman–Crippen MR) is 113 cm³/mol. The molecule has 0 aromatic rings. The minimum absolute atomic E-state index is 0.00396. The highest BCUT2D eigenvalue weighted by Crippen LogP contribution is 2.60. The van der Waals surface area contributed by atoms with Crippen LogP contribution in [0.2, 0.25) is 0 Å². The molecule has 0 aromatic heterocycles. The molecule has 0 unspecified atom stereocenters. The second-order valence-corrected chi connectivity index (χ2v) is 10.3. The van der Waals surface area contributed by atoms with Gasteiger partial charge in [0.05, 0.1) is 6.42 Å². The fourth-order valence-corrected chi connectivity index (χ4v) is 6.67. The highest BCUT2D eigenvalue weighted by molar-refractivity contribution is 5.97. The number of carbonyl (C=O) groups excluding carboxylic acids is 4. The first-order valence-corrected chi connectivity index (χ1v) is 11.9. The van der Waals surface area contributed by atoms with E-state index in [9.17, 15) is 19.2 Å². The minimum atomic E-state index is -1.07. The summed E-state index contributed by atoms with van der Waals surface area (Å²) in [7, 11) is 0. The van der Waals surface area contributed by atoms with Crippen molar-refractivity contribution in [1.82, 2.24) is 16.0 Å². The molecule has 1 atom stereocenters. The van der Waals surface area contributed by atoms with Crippen molar-refractivity contribution in [3.63, 3.8) is 0 Å². The van der Waals surface area contributed by atoms with E-state index in [1.807, 2.05) is 0 Å². The Hall–Kier alpha value is -2.12. The van der Waals surface area contributed by atoms with Crippen molar-refractivity contribution in [3.05, 3.63) is 0 Å². The Kier molecular flexibility index (Phi) is 6.53. The van der Waals surface area contributed by atoms with Crippen molar-refractivity contribution in [1.29, 1.82) is 0 Å². The molecule has 0 spiro atoms. The summed E-state index contributed by atoms with van der Waals surface area (Å²) in [6.45, 7) is 1.64. The summed E-state index contributed by atoms with van der Waals surface area (Å²) in [5.74, 6) is 0.923. The highest BCUT2D eigenvalue weighted by atomic mass is 16.5. The highest BCUT2D eigenvalue weighted by Gasteiger charge is 2.54. The van der Waals surface area contributed by atoms with Crippen molar-refractivity contribution < 1.29 is 23.9 Å². The van der Waals surface area contributed by atoms with Crippen LogP contribution in [0, 0.1) is 23.2 Å². The van der Waals surface area contributed by atoms with Gasteiger partial charge in [0.1, 0.15) is 0 Å². The number of urea groups is 1. The third-order valence-electron chi connectivity index (χ3n) is 7.74. The molecule has 5 rings (SSSR count). The van der Waals surface area contributed by atoms with Gasteiger partial charge in [0, 0.05) is 18.0 Å². The Morgan fingerprint density at radius 2 is 1.55 bits per heavy atom. The Morgan fingerprint density at radius 3 is 2.13 bits per heavy atom. The molecule has 5 saturated carbocycles. The van der Waals surface area contributed by atoms with Gasteiger partial charge >= 0.3 is 12.0 Å². The van der Waals surface area contributed by atoms with E-state index in [1.54, 1.807) is 0 Å². The zero-order valence-electron chi connectivity index (χ0n) is 18.4. The van der Waals surface area contributed by atoms with Gasteiger partial charge in [-0.1, -0.05) is 12.8 Å². The van der Waals surface area contributed by atoms with Crippen LogP contribution in [0.1, 0.15) is 77.6 Å². The van der Waals surface area contributed by atoms with E-state index < -0.39 is 24.0 Å². The predicted octanol–water partition coefficient (Wildman–Crippen LogP) is 2.41. The number of hydrogen-bond acceptors (Lipinski definition) is 5. The summed E-state index contributed by atoms with van der Waals surface area (Å²) in [5.41, 5.74) is -0.238. The molecule has 31 heavy (non-hydrogen) atoms. The van der Waals surface area contributed by atoms with Gasteiger partial charge in [0.2, 0.25) is 5.91 Å². The molecule has 4 bridgehead atoms. The third-order valence-corrected chi connectivity index (χ3v) is 7.74. The second kappa shape index (κ2) is 9.17. The summed E-state index contributed by atoms with van der Waals surface area (Å²) in [5, 5.41) is 7.93. The van der Waals surface area contributed by atoms with Crippen LogP contribution < -0.4 is 16.0 Å². The van der Waals surface area contributed by atoms with E-state index in [4.69, 9.17) is 4.74 Å². The zero-order chi connectivity index (χ0) is 22.0. The first-order chi connectivity index (χ1) is 14.8. The Labute approximate surface area is 183 Å². The largest absolute Gasteiger partial charge is 0.452 e. The van der Waals surface area contributed by atoms with Crippen LogP contribution >= 0.6 is 0 Å². The average molecular weight is 434 g/mol. The lowest BCUT2D eigenvalue weighted by Gasteiger charge is -2.55. The first kappa shape index (κ1) is 22.1. The quantitative estimate of drug-likeness (QED) is 0.534. The van der Waals surface area contributed by atoms with Crippen molar-refractivity contribution in [2.24, 2.45) is 23.2 Å². The molecule has 8 nitrogen and oxygen atoms in total. The molecule has 4 amide bonds. The lowest BCUT2D eigenvalue weighted by molar-refractivity contribution is -0.154. The molecule has 172 valence electrons. The minimum Gasteiger partial charge on any atom is -0.452 e. The molecule has 0 radical (unpaired) electrons. The molecule has 5 aliphatic carbocycles. The molecular weight excluding hydrogens is 398 g/mol. The molecule has 3 N–H and O–H groups in total. The van der Waals surface area contributed by atoms with Gasteiger partial charge in [-0.05, 0) is 76.0 Å². The maximum atomic E-state index is 12.9. The van der Waals surface area contributed by atoms with E-state index >= 15 is 0 Å². The fraction of sp³-hybridized carbons (Fsp3) is 0.826. The van der Waals surface area contributed by atoms with Gasteiger partial charge in [0.15, 0.2) is 6.10 Å². The molecule has 8 heteroatoms. The van der Waals surface area contributed by atoms with E-state index in [2.05, 4.69) is 16.0 Å². The number of rotatable bonds is 7. The van der Waals surface area contributed by atoms with Gasteiger partial charge < -0.3 is 15.4 Å². The van der Waals surface area contributed by atoms with Gasteiger partial charge in [-0.3, -0.25) is 19.7 Å². The number of hydrogen-bond donors (Lipinski definition) is 3. The van der Waals surface area contributed by atoms with Crippen LogP contribution in [0.5, 0.6) is 0 Å². The second-order valence-electron chi connectivity index (χ2n) is 10.3. The van der Waals surface area contributed by atoms with Crippen molar-refractivity contribution >= 4 is 23.8 Å². The van der Waals surface area contributed by atoms with Crippen LogP contribution in [0.3, 0.4) is 0 Å². The lowest BCUT2D eigenvalue weighted by atomic mass is 9.49. The Bertz CT molecular complexity index is 695. The molecule has 0 saturated heterocycles. The van der Waals surface area contributed by atoms with Crippen LogP contribution in [0.25, 0.3) is 0 Å². The maximum Gasteiger partial charge on any atom is 0.321 e. The molecular formula is C23H35N3O5. The number of imide groups is 1. The average Bonchev–Trinajstić information content (AvgIpc) is 3.19. The lowest BCUT2D eigenvalue weighted by Crippen LogP contribution is -2.53.